The molecule has 114 valence electrons. The van der Waals surface area contributed by atoms with E-state index in [0.717, 1.165) is 29.2 Å². The van der Waals surface area contributed by atoms with Gasteiger partial charge in [0.05, 0.1) is 5.56 Å². The van der Waals surface area contributed by atoms with Crippen LogP contribution in [-0.4, -0.2) is 30.6 Å². The van der Waals surface area contributed by atoms with E-state index in [0.29, 0.717) is 25.3 Å². The van der Waals surface area contributed by atoms with Crippen molar-refractivity contribution in [1.82, 2.24) is 10.3 Å². The second-order valence-electron chi connectivity index (χ2n) is 5.17. The Morgan fingerprint density at radius 1 is 1.18 bits per heavy atom. The fourth-order valence-corrected chi connectivity index (χ4v) is 2.27. The third-order valence-electron chi connectivity index (χ3n) is 3.48. The number of ether oxygens (including phenoxy) is 2. The molecule has 0 fully saturated rings. The maximum absolute atomic E-state index is 12.0. The summed E-state index contributed by atoms with van der Waals surface area (Å²) >= 11 is 0. The topological polar surface area (TPSA) is 60.5 Å². The zero-order chi connectivity index (χ0) is 15.4. The Bertz CT molecular complexity index is 668. The molecule has 0 atom stereocenters. The number of pyridine rings is 1. The first-order valence-corrected chi connectivity index (χ1v) is 7.32. The molecule has 5 nitrogen and oxygen atoms in total. The van der Waals surface area contributed by atoms with Crippen LogP contribution in [0.15, 0.2) is 36.5 Å². The van der Waals surface area contributed by atoms with E-state index in [1.807, 2.05) is 31.2 Å². The van der Waals surface area contributed by atoms with Crippen LogP contribution in [0.25, 0.3) is 0 Å². The highest BCUT2D eigenvalue weighted by molar-refractivity contribution is 5.93. The van der Waals surface area contributed by atoms with Crippen LogP contribution in [0.5, 0.6) is 11.5 Å². The van der Waals surface area contributed by atoms with Gasteiger partial charge in [-0.25, -0.2) is 0 Å². The van der Waals surface area contributed by atoms with Crippen molar-refractivity contribution in [3.05, 3.63) is 53.3 Å². The SMILES string of the molecule is Cc1ccc(C(=O)NCCc2ccc3c(c2)OCCO3)cn1. The van der Waals surface area contributed by atoms with E-state index in [2.05, 4.69) is 10.3 Å². The summed E-state index contributed by atoms with van der Waals surface area (Å²) in [6.07, 6.45) is 2.33. The number of carbonyl (C=O) groups excluding carboxylic acids is 1. The summed E-state index contributed by atoms with van der Waals surface area (Å²) in [6.45, 7) is 3.62. The molecule has 22 heavy (non-hydrogen) atoms. The van der Waals surface area contributed by atoms with Crippen molar-refractivity contribution < 1.29 is 14.3 Å². The van der Waals surface area contributed by atoms with Crippen LogP contribution in [-0.2, 0) is 6.42 Å². The van der Waals surface area contributed by atoms with Crippen molar-refractivity contribution in [2.45, 2.75) is 13.3 Å². The lowest BCUT2D eigenvalue weighted by Crippen LogP contribution is -2.25. The standard InChI is InChI=1S/C17H18N2O3/c1-12-2-4-14(11-19-12)17(20)18-7-6-13-3-5-15-16(10-13)22-9-8-21-15/h2-5,10-11H,6-9H2,1H3,(H,18,20). The number of fused-ring (bicyclic) bond motifs is 1. The van der Waals surface area contributed by atoms with Crippen LogP contribution in [0.1, 0.15) is 21.6 Å². The molecule has 0 spiro atoms. The molecular formula is C17H18N2O3. The molecule has 0 saturated heterocycles. The van der Waals surface area contributed by atoms with Gasteiger partial charge in [0.2, 0.25) is 0 Å². The summed E-state index contributed by atoms with van der Waals surface area (Å²) in [5, 5.41) is 2.90. The third-order valence-corrected chi connectivity index (χ3v) is 3.48. The molecule has 0 radical (unpaired) electrons. The van der Waals surface area contributed by atoms with Crippen LogP contribution < -0.4 is 14.8 Å². The Labute approximate surface area is 129 Å². The van der Waals surface area contributed by atoms with Gasteiger partial charge in [-0.15, -0.1) is 0 Å². The predicted octanol–water partition coefficient (Wildman–Crippen LogP) is 2.13. The second-order valence-corrected chi connectivity index (χ2v) is 5.17. The van der Waals surface area contributed by atoms with E-state index in [1.54, 1.807) is 12.3 Å². The highest BCUT2D eigenvalue weighted by Crippen LogP contribution is 2.30. The number of nitrogens with one attached hydrogen (secondary N) is 1. The molecule has 1 aromatic carbocycles. The van der Waals surface area contributed by atoms with Gasteiger partial charge in [-0.1, -0.05) is 6.07 Å². The van der Waals surface area contributed by atoms with E-state index in [4.69, 9.17) is 9.47 Å². The smallest absolute Gasteiger partial charge is 0.252 e. The first kappa shape index (κ1) is 14.4. The predicted molar refractivity (Wildman–Crippen MR) is 82.4 cm³/mol. The fourth-order valence-electron chi connectivity index (χ4n) is 2.27. The van der Waals surface area contributed by atoms with E-state index in [1.165, 1.54) is 0 Å². The molecule has 1 aromatic heterocycles. The number of aryl methyl sites for hydroxylation is 1. The summed E-state index contributed by atoms with van der Waals surface area (Å²) < 4.78 is 11.0. The van der Waals surface area contributed by atoms with Gasteiger partial charge in [0.25, 0.3) is 5.91 Å². The molecule has 3 rings (SSSR count). The molecular weight excluding hydrogens is 280 g/mol. The van der Waals surface area contributed by atoms with Crippen LogP contribution in [0.2, 0.25) is 0 Å². The van der Waals surface area contributed by atoms with Gasteiger partial charge < -0.3 is 14.8 Å². The number of aromatic nitrogens is 1. The number of benzene rings is 1. The maximum atomic E-state index is 12.0. The van der Waals surface area contributed by atoms with Crippen molar-refractivity contribution >= 4 is 5.91 Å². The highest BCUT2D eigenvalue weighted by Gasteiger charge is 2.11. The highest BCUT2D eigenvalue weighted by atomic mass is 16.6. The van der Waals surface area contributed by atoms with E-state index in [-0.39, 0.29) is 5.91 Å². The lowest BCUT2D eigenvalue weighted by Gasteiger charge is -2.18. The zero-order valence-corrected chi connectivity index (χ0v) is 12.5. The van der Waals surface area contributed by atoms with Crippen molar-refractivity contribution in [2.24, 2.45) is 0 Å². The van der Waals surface area contributed by atoms with Crippen molar-refractivity contribution in [1.29, 1.82) is 0 Å². The summed E-state index contributed by atoms with van der Waals surface area (Å²) in [7, 11) is 0. The van der Waals surface area contributed by atoms with Gasteiger partial charge in [-0.3, -0.25) is 9.78 Å². The Balaban J connectivity index is 1.54. The molecule has 2 aromatic rings. The number of hydrogen-bond donors (Lipinski definition) is 1. The van der Waals surface area contributed by atoms with Crippen LogP contribution in [0.3, 0.4) is 0 Å². The first-order valence-electron chi connectivity index (χ1n) is 7.32. The summed E-state index contributed by atoms with van der Waals surface area (Å²) in [6, 6.07) is 9.48. The van der Waals surface area contributed by atoms with Gasteiger partial charge >= 0.3 is 0 Å². The number of amides is 1. The number of nitrogens with zero attached hydrogens (tertiary/aromatic N) is 1. The molecule has 2 heterocycles. The van der Waals surface area contributed by atoms with Gasteiger partial charge in [-0.2, -0.15) is 0 Å². The van der Waals surface area contributed by atoms with E-state index in [9.17, 15) is 4.79 Å². The van der Waals surface area contributed by atoms with Gasteiger partial charge in [-0.05, 0) is 43.2 Å². The van der Waals surface area contributed by atoms with Crippen molar-refractivity contribution in [2.75, 3.05) is 19.8 Å². The monoisotopic (exact) mass is 298 g/mol. The molecule has 0 unspecified atom stereocenters. The lowest BCUT2D eigenvalue weighted by molar-refractivity contribution is 0.0954. The Morgan fingerprint density at radius 3 is 2.77 bits per heavy atom. The largest absolute Gasteiger partial charge is 0.486 e. The number of rotatable bonds is 4. The fraction of sp³-hybridized carbons (Fsp3) is 0.294. The molecule has 1 N–H and O–H groups in total. The third kappa shape index (κ3) is 3.36. The average Bonchev–Trinajstić information content (AvgIpc) is 2.55. The quantitative estimate of drug-likeness (QED) is 0.939. The summed E-state index contributed by atoms with van der Waals surface area (Å²) in [4.78, 5) is 16.1. The molecule has 0 aliphatic carbocycles. The van der Waals surface area contributed by atoms with Crippen LogP contribution >= 0.6 is 0 Å². The molecule has 0 saturated carbocycles. The van der Waals surface area contributed by atoms with Crippen LogP contribution in [0.4, 0.5) is 0 Å². The van der Waals surface area contributed by atoms with Crippen molar-refractivity contribution in [3.63, 3.8) is 0 Å². The van der Waals surface area contributed by atoms with Gasteiger partial charge in [0, 0.05) is 18.4 Å². The number of hydrogen-bond acceptors (Lipinski definition) is 4. The minimum atomic E-state index is -0.106. The Kier molecular flexibility index (Phi) is 4.23. The zero-order valence-electron chi connectivity index (χ0n) is 12.5. The van der Waals surface area contributed by atoms with Gasteiger partial charge in [0.1, 0.15) is 13.2 Å². The Hall–Kier alpha value is -2.56. The lowest BCUT2D eigenvalue weighted by atomic mass is 10.1. The number of carbonyl (C=O) groups is 1. The molecule has 1 aliphatic heterocycles. The minimum Gasteiger partial charge on any atom is -0.486 e. The minimum absolute atomic E-state index is 0.106. The molecule has 1 aliphatic rings. The summed E-state index contributed by atoms with van der Waals surface area (Å²) in [5.74, 6) is 1.45. The normalized spacial score (nSPS) is 12.8. The summed E-state index contributed by atoms with van der Waals surface area (Å²) in [5.41, 5.74) is 2.58. The molecule has 0 bridgehead atoms. The Morgan fingerprint density at radius 2 is 2.00 bits per heavy atom. The van der Waals surface area contributed by atoms with E-state index < -0.39 is 0 Å². The first-order chi connectivity index (χ1) is 10.7. The molecule has 1 amide bonds. The van der Waals surface area contributed by atoms with Gasteiger partial charge in [0.15, 0.2) is 11.5 Å². The maximum Gasteiger partial charge on any atom is 0.252 e. The second kappa shape index (κ2) is 6.47. The molecule has 5 heteroatoms. The van der Waals surface area contributed by atoms with Crippen molar-refractivity contribution in [3.8, 4) is 11.5 Å². The van der Waals surface area contributed by atoms with E-state index >= 15 is 0 Å². The average molecular weight is 298 g/mol. The van der Waals surface area contributed by atoms with Crippen LogP contribution in [0, 0.1) is 6.92 Å².